The van der Waals surface area contributed by atoms with Gasteiger partial charge in [0.05, 0.1) is 5.69 Å². The van der Waals surface area contributed by atoms with Crippen molar-refractivity contribution in [1.29, 1.82) is 0 Å². The Hall–Kier alpha value is -0.250. The number of hydrogen-bond acceptors (Lipinski definition) is 1. The van der Waals surface area contributed by atoms with Gasteiger partial charge in [-0.3, -0.25) is 0 Å². The maximum absolute atomic E-state index is 2.55. The molecule has 2 fully saturated rings. The molecule has 1 aromatic rings. The van der Waals surface area contributed by atoms with Crippen molar-refractivity contribution < 1.29 is 0 Å². The molecule has 0 radical (unpaired) electrons. The van der Waals surface area contributed by atoms with Gasteiger partial charge in [-0.05, 0) is 47.6 Å². The number of halogens is 1. The summed E-state index contributed by atoms with van der Waals surface area (Å²) in [5.41, 5.74) is 2.15. The van der Waals surface area contributed by atoms with Crippen LogP contribution in [0.1, 0.15) is 25.7 Å². The van der Waals surface area contributed by atoms with Crippen LogP contribution in [0.3, 0.4) is 0 Å². The van der Waals surface area contributed by atoms with Gasteiger partial charge in [0.2, 0.25) is 0 Å². The van der Waals surface area contributed by atoms with Crippen molar-refractivity contribution in [2.24, 2.45) is 5.41 Å². The standard InChI is InChI=1S/C13H16IN/c14-11-5-1-2-6-12(11)15-9-13(10-15)7-3-4-8-13/h1-2,5-6H,3-4,7-10H2. The van der Waals surface area contributed by atoms with Gasteiger partial charge in [0.1, 0.15) is 0 Å². The van der Waals surface area contributed by atoms with E-state index < -0.39 is 0 Å². The van der Waals surface area contributed by atoms with Crippen molar-refractivity contribution in [2.75, 3.05) is 18.0 Å². The molecule has 1 aromatic carbocycles. The fourth-order valence-electron chi connectivity index (χ4n) is 3.08. The summed E-state index contributed by atoms with van der Waals surface area (Å²) in [4.78, 5) is 2.55. The Kier molecular flexibility index (Phi) is 2.42. The first-order valence-corrected chi connectivity index (χ1v) is 6.87. The van der Waals surface area contributed by atoms with Crippen molar-refractivity contribution in [3.63, 3.8) is 0 Å². The van der Waals surface area contributed by atoms with Crippen molar-refractivity contribution in [1.82, 2.24) is 0 Å². The first-order valence-electron chi connectivity index (χ1n) is 5.79. The van der Waals surface area contributed by atoms with Gasteiger partial charge >= 0.3 is 0 Å². The van der Waals surface area contributed by atoms with Crippen LogP contribution in [0.15, 0.2) is 24.3 Å². The highest BCUT2D eigenvalue weighted by Gasteiger charge is 2.44. The largest absolute Gasteiger partial charge is 0.369 e. The fraction of sp³-hybridized carbons (Fsp3) is 0.538. The summed E-state index contributed by atoms with van der Waals surface area (Å²) in [6.07, 6.45) is 5.85. The van der Waals surface area contributed by atoms with E-state index in [0.29, 0.717) is 5.41 Å². The lowest BCUT2D eigenvalue weighted by Crippen LogP contribution is -2.55. The number of rotatable bonds is 1. The zero-order valence-electron chi connectivity index (χ0n) is 8.88. The number of hydrogen-bond donors (Lipinski definition) is 0. The van der Waals surface area contributed by atoms with Crippen molar-refractivity contribution >= 4 is 28.3 Å². The van der Waals surface area contributed by atoms with Crippen molar-refractivity contribution in [3.8, 4) is 0 Å². The molecule has 1 saturated carbocycles. The molecule has 2 heteroatoms. The molecule has 0 unspecified atom stereocenters. The van der Waals surface area contributed by atoms with Gasteiger partial charge in [-0.25, -0.2) is 0 Å². The van der Waals surface area contributed by atoms with E-state index in [1.807, 2.05) is 0 Å². The van der Waals surface area contributed by atoms with Crippen LogP contribution >= 0.6 is 22.6 Å². The van der Waals surface area contributed by atoms with Crippen LogP contribution in [0.5, 0.6) is 0 Å². The normalized spacial score (nSPS) is 23.1. The Labute approximate surface area is 105 Å². The molecular weight excluding hydrogens is 297 g/mol. The molecule has 15 heavy (non-hydrogen) atoms. The molecule has 0 amide bonds. The quantitative estimate of drug-likeness (QED) is 0.715. The Balaban J connectivity index is 1.75. The van der Waals surface area contributed by atoms with E-state index in [2.05, 4.69) is 51.8 Å². The molecular formula is C13H16IN. The van der Waals surface area contributed by atoms with Gasteiger partial charge in [-0.15, -0.1) is 0 Å². The molecule has 1 heterocycles. The van der Waals surface area contributed by atoms with Crippen LogP contribution in [0.2, 0.25) is 0 Å². The van der Waals surface area contributed by atoms with Crippen LogP contribution in [0.25, 0.3) is 0 Å². The van der Waals surface area contributed by atoms with E-state index >= 15 is 0 Å². The van der Waals surface area contributed by atoms with E-state index in [-0.39, 0.29) is 0 Å². The average Bonchev–Trinajstić information content (AvgIpc) is 2.65. The second kappa shape index (κ2) is 3.65. The van der Waals surface area contributed by atoms with E-state index in [9.17, 15) is 0 Å². The Bertz CT molecular complexity index is 361. The van der Waals surface area contributed by atoms with Gasteiger partial charge in [0.25, 0.3) is 0 Å². The Morgan fingerprint density at radius 1 is 1.07 bits per heavy atom. The smallest absolute Gasteiger partial charge is 0.0502 e. The second-order valence-electron chi connectivity index (χ2n) is 5.01. The van der Waals surface area contributed by atoms with Gasteiger partial charge in [-0.2, -0.15) is 0 Å². The van der Waals surface area contributed by atoms with E-state index in [1.54, 1.807) is 0 Å². The number of benzene rings is 1. The van der Waals surface area contributed by atoms with E-state index in [4.69, 9.17) is 0 Å². The summed E-state index contributed by atoms with van der Waals surface area (Å²) in [5.74, 6) is 0. The lowest BCUT2D eigenvalue weighted by molar-refractivity contribution is 0.221. The van der Waals surface area contributed by atoms with E-state index in [0.717, 1.165) is 0 Å². The third-order valence-corrected chi connectivity index (χ3v) is 4.82. The highest BCUT2D eigenvalue weighted by Crippen LogP contribution is 2.47. The minimum absolute atomic E-state index is 0.707. The minimum Gasteiger partial charge on any atom is -0.369 e. The monoisotopic (exact) mass is 313 g/mol. The van der Waals surface area contributed by atoms with E-state index in [1.165, 1.54) is 48.0 Å². The number of para-hydroxylation sites is 1. The van der Waals surface area contributed by atoms with Gasteiger partial charge in [-0.1, -0.05) is 25.0 Å². The number of nitrogens with zero attached hydrogens (tertiary/aromatic N) is 1. The maximum Gasteiger partial charge on any atom is 0.0502 e. The van der Waals surface area contributed by atoms with Gasteiger partial charge in [0, 0.05) is 22.1 Å². The summed E-state index contributed by atoms with van der Waals surface area (Å²) in [7, 11) is 0. The van der Waals surface area contributed by atoms with Crippen LogP contribution in [-0.2, 0) is 0 Å². The summed E-state index contributed by atoms with van der Waals surface area (Å²) in [6.45, 7) is 2.60. The Morgan fingerprint density at radius 2 is 1.73 bits per heavy atom. The third-order valence-electron chi connectivity index (χ3n) is 3.91. The van der Waals surface area contributed by atoms with Crippen LogP contribution in [0, 0.1) is 8.99 Å². The maximum atomic E-state index is 2.55. The third kappa shape index (κ3) is 1.67. The fourth-order valence-corrected chi connectivity index (χ4v) is 3.81. The molecule has 1 saturated heterocycles. The molecule has 0 bridgehead atoms. The second-order valence-corrected chi connectivity index (χ2v) is 6.18. The summed E-state index contributed by atoms with van der Waals surface area (Å²) in [5, 5.41) is 0. The Morgan fingerprint density at radius 3 is 2.40 bits per heavy atom. The topological polar surface area (TPSA) is 3.24 Å². The van der Waals surface area contributed by atoms with Crippen LogP contribution in [0.4, 0.5) is 5.69 Å². The summed E-state index contributed by atoms with van der Waals surface area (Å²) < 4.78 is 1.39. The predicted molar refractivity (Wildman–Crippen MR) is 72.3 cm³/mol. The molecule has 0 N–H and O–H groups in total. The highest BCUT2D eigenvalue weighted by atomic mass is 127. The average molecular weight is 313 g/mol. The first kappa shape index (κ1) is 9.94. The SMILES string of the molecule is Ic1ccccc1N1CC2(CCCC2)C1. The molecule has 1 aliphatic heterocycles. The minimum atomic E-state index is 0.707. The highest BCUT2D eigenvalue weighted by molar-refractivity contribution is 14.1. The number of anilines is 1. The lowest BCUT2D eigenvalue weighted by atomic mass is 9.78. The summed E-state index contributed by atoms with van der Waals surface area (Å²) in [6, 6.07) is 8.73. The molecule has 1 aliphatic carbocycles. The molecule has 0 aromatic heterocycles. The first-order chi connectivity index (χ1) is 7.29. The molecule has 0 atom stereocenters. The van der Waals surface area contributed by atoms with Crippen molar-refractivity contribution in [3.05, 3.63) is 27.8 Å². The molecule has 80 valence electrons. The molecule has 1 nitrogen and oxygen atoms in total. The summed E-state index contributed by atoms with van der Waals surface area (Å²) >= 11 is 2.44. The molecule has 3 rings (SSSR count). The molecule has 1 spiro atoms. The van der Waals surface area contributed by atoms with Crippen LogP contribution in [-0.4, -0.2) is 13.1 Å². The van der Waals surface area contributed by atoms with Gasteiger partial charge < -0.3 is 4.90 Å². The zero-order valence-corrected chi connectivity index (χ0v) is 11.0. The molecule has 2 aliphatic rings. The van der Waals surface area contributed by atoms with Gasteiger partial charge in [0.15, 0.2) is 0 Å². The van der Waals surface area contributed by atoms with Crippen LogP contribution < -0.4 is 4.90 Å². The zero-order chi connectivity index (χ0) is 10.3. The predicted octanol–water partition coefficient (Wildman–Crippen LogP) is 3.67. The lowest BCUT2D eigenvalue weighted by Gasteiger charge is -2.50. The van der Waals surface area contributed by atoms with Crippen molar-refractivity contribution in [2.45, 2.75) is 25.7 Å².